The largest absolute Gasteiger partial charge is 0.381 e. The Labute approximate surface area is 93.0 Å². The molecule has 0 aromatic heterocycles. The average Bonchev–Trinajstić information content (AvgIpc) is 2.17. The Morgan fingerprint density at radius 3 is 2.20 bits per heavy atom. The molecule has 2 saturated carbocycles. The van der Waals surface area contributed by atoms with E-state index in [0.29, 0.717) is 12.1 Å². The fraction of sp³-hybridized carbons (Fsp3) is 1.00. The second-order valence-corrected chi connectivity index (χ2v) is 5.22. The van der Waals surface area contributed by atoms with Crippen LogP contribution in [0.15, 0.2) is 0 Å². The molecule has 3 heteroatoms. The molecule has 2 N–H and O–H groups in total. The smallest absolute Gasteiger partial charge is 0.0601 e. The summed E-state index contributed by atoms with van der Waals surface area (Å²) in [5.41, 5.74) is 5.92. The second kappa shape index (κ2) is 4.81. The molecular formula is C12H24N2O. The van der Waals surface area contributed by atoms with Crippen molar-refractivity contribution >= 4 is 0 Å². The zero-order valence-corrected chi connectivity index (χ0v) is 9.98. The van der Waals surface area contributed by atoms with Gasteiger partial charge in [-0.15, -0.1) is 0 Å². The van der Waals surface area contributed by atoms with Gasteiger partial charge in [0.2, 0.25) is 0 Å². The van der Waals surface area contributed by atoms with E-state index in [1.165, 1.54) is 38.5 Å². The first-order chi connectivity index (χ1) is 7.20. The van der Waals surface area contributed by atoms with Gasteiger partial charge < -0.3 is 15.4 Å². The first-order valence-corrected chi connectivity index (χ1v) is 6.21. The average molecular weight is 212 g/mol. The van der Waals surface area contributed by atoms with Crippen LogP contribution in [0, 0.1) is 0 Å². The standard InChI is InChI=1S/C12H24N2O/c1-14(11-7-12(8-11)15-2)10-5-3-9(13)4-6-10/h9-12H,3-8,13H2,1-2H3. The molecule has 0 radical (unpaired) electrons. The predicted octanol–water partition coefficient (Wildman–Crippen LogP) is 1.37. The van der Waals surface area contributed by atoms with E-state index < -0.39 is 0 Å². The molecule has 0 saturated heterocycles. The maximum atomic E-state index is 5.92. The number of hydrogen-bond acceptors (Lipinski definition) is 3. The topological polar surface area (TPSA) is 38.5 Å². The third-order valence-electron chi connectivity index (χ3n) is 4.30. The van der Waals surface area contributed by atoms with Gasteiger partial charge in [0.05, 0.1) is 6.10 Å². The van der Waals surface area contributed by atoms with Crippen LogP contribution >= 0.6 is 0 Å². The van der Waals surface area contributed by atoms with Crippen LogP contribution in [0.2, 0.25) is 0 Å². The lowest BCUT2D eigenvalue weighted by molar-refractivity contribution is -0.0362. The summed E-state index contributed by atoms with van der Waals surface area (Å²) in [5, 5.41) is 0. The minimum Gasteiger partial charge on any atom is -0.381 e. The molecule has 0 spiro atoms. The van der Waals surface area contributed by atoms with E-state index in [1.54, 1.807) is 0 Å². The van der Waals surface area contributed by atoms with Gasteiger partial charge in [0.15, 0.2) is 0 Å². The lowest BCUT2D eigenvalue weighted by atomic mass is 9.84. The Morgan fingerprint density at radius 1 is 1.07 bits per heavy atom. The summed E-state index contributed by atoms with van der Waals surface area (Å²) in [7, 11) is 4.10. The Balaban J connectivity index is 1.74. The summed E-state index contributed by atoms with van der Waals surface area (Å²) in [6.07, 6.45) is 7.93. The van der Waals surface area contributed by atoms with Crippen molar-refractivity contribution in [3.63, 3.8) is 0 Å². The van der Waals surface area contributed by atoms with Crippen molar-refractivity contribution < 1.29 is 4.74 Å². The molecule has 3 nitrogen and oxygen atoms in total. The monoisotopic (exact) mass is 212 g/mol. The first-order valence-electron chi connectivity index (χ1n) is 6.21. The van der Waals surface area contributed by atoms with Crippen molar-refractivity contribution in [1.82, 2.24) is 4.90 Å². The van der Waals surface area contributed by atoms with Crippen LogP contribution in [0.4, 0.5) is 0 Å². The molecule has 2 aliphatic carbocycles. The Hall–Kier alpha value is -0.120. The normalized spacial score (nSPS) is 41.6. The molecule has 15 heavy (non-hydrogen) atoms. The minimum absolute atomic E-state index is 0.461. The third-order valence-corrected chi connectivity index (χ3v) is 4.30. The molecule has 0 unspecified atom stereocenters. The number of ether oxygens (including phenoxy) is 1. The third kappa shape index (κ3) is 2.52. The molecule has 0 atom stereocenters. The number of nitrogens with two attached hydrogens (primary N) is 1. The maximum absolute atomic E-state index is 5.92. The number of methoxy groups -OCH3 is 1. The summed E-state index contributed by atoms with van der Waals surface area (Å²) < 4.78 is 5.32. The summed E-state index contributed by atoms with van der Waals surface area (Å²) in [4.78, 5) is 2.57. The molecule has 2 aliphatic rings. The SMILES string of the molecule is COC1CC(N(C)C2CCC(N)CC2)C1. The molecule has 0 bridgehead atoms. The molecule has 88 valence electrons. The van der Waals surface area contributed by atoms with Crippen molar-refractivity contribution in [1.29, 1.82) is 0 Å². The highest BCUT2D eigenvalue weighted by molar-refractivity contribution is 4.91. The zero-order chi connectivity index (χ0) is 10.8. The van der Waals surface area contributed by atoms with Crippen molar-refractivity contribution in [2.45, 2.75) is 62.8 Å². The van der Waals surface area contributed by atoms with E-state index in [-0.39, 0.29) is 0 Å². The molecular weight excluding hydrogens is 188 g/mol. The fourth-order valence-corrected chi connectivity index (χ4v) is 2.87. The van der Waals surface area contributed by atoms with E-state index >= 15 is 0 Å². The minimum atomic E-state index is 0.461. The molecule has 0 heterocycles. The summed E-state index contributed by atoms with van der Waals surface area (Å²) in [6, 6.07) is 1.99. The van der Waals surface area contributed by atoms with Crippen molar-refractivity contribution in [3.05, 3.63) is 0 Å². The van der Waals surface area contributed by atoms with Crippen LogP contribution in [-0.4, -0.2) is 43.3 Å². The predicted molar refractivity (Wildman–Crippen MR) is 61.8 cm³/mol. The lowest BCUT2D eigenvalue weighted by Crippen LogP contribution is -2.51. The number of nitrogens with zero attached hydrogens (tertiary/aromatic N) is 1. The first kappa shape index (κ1) is 11.4. The van der Waals surface area contributed by atoms with Crippen LogP contribution in [0.3, 0.4) is 0 Å². The van der Waals surface area contributed by atoms with Crippen molar-refractivity contribution in [2.75, 3.05) is 14.2 Å². The van der Waals surface area contributed by atoms with E-state index in [4.69, 9.17) is 10.5 Å². The number of hydrogen-bond donors (Lipinski definition) is 1. The van der Waals surface area contributed by atoms with Crippen LogP contribution in [0.1, 0.15) is 38.5 Å². The Morgan fingerprint density at radius 2 is 1.67 bits per heavy atom. The highest BCUT2D eigenvalue weighted by Crippen LogP contribution is 2.31. The van der Waals surface area contributed by atoms with Crippen LogP contribution in [0.25, 0.3) is 0 Å². The zero-order valence-electron chi connectivity index (χ0n) is 9.98. The maximum Gasteiger partial charge on any atom is 0.0601 e. The molecule has 0 aliphatic heterocycles. The Kier molecular flexibility index (Phi) is 3.65. The lowest BCUT2D eigenvalue weighted by Gasteiger charge is -2.45. The molecule has 0 aromatic carbocycles. The summed E-state index contributed by atoms with van der Waals surface area (Å²) in [5.74, 6) is 0. The van der Waals surface area contributed by atoms with E-state index in [0.717, 1.165) is 12.1 Å². The molecule has 2 fully saturated rings. The van der Waals surface area contributed by atoms with Gasteiger partial charge in [-0.25, -0.2) is 0 Å². The fourth-order valence-electron chi connectivity index (χ4n) is 2.87. The van der Waals surface area contributed by atoms with Gasteiger partial charge in [0.25, 0.3) is 0 Å². The van der Waals surface area contributed by atoms with Gasteiger partial charge in [-0.05, 0) is 45.6 Å². The summed E-state index contributed by atoms with van der Waals surface area (Å²) >= 11 is 0. The quantitative estimate of drug-likeness (QED) is 0.768. The van der Waals surface area contributed by atoms with E-state index in [9.17, 15) is 0 Å². The van der Waals surface area contributed by atoms with Crippen LogP contribution < -0.4 is 5.73 Å². The van der Waals surface area contributed by atoms with E-state index in [1.807, 2.05) is 7.11 Å². The molecule has 0 aromatic rings. The molecule has 0 amide bonds. The van der Waals surface area contributed by atoms with Crippen LogP contribution in [0.5, 0.6) is 0 Å². The van der Waals surface area contributed by atoms with E-state index in [2.05, 4.69) is 11.9 Å². The van der Waals surface area contributed by atoms with Crippen molar-refractivity contribution in [3.8, 4) is 0 Å². The highest BCUT2D eigenvalue weighted by atomic mass is 16.5. The van der Waals surface area contributed by atoms with Gasteiger partial charge >= 0.3 is 0 Å². The second-order valence-electron chi connectivity index (χ2n) is 5.22. The van der Waals surface area contributed by atoms with Gasteiger partial charge in [-0.2, -0.15) is 0 Å². The highest BCUT2D eigenvalue weighted by Gasteiger charge is 2.35. The van der Waals surface area contributed by atoms with Gasteiger partial charge in [0, 0.05) is 25.2 Å². The van der Waals surface area contributed by atoms with Gasteiger partial charge in [-0.1, -0.05) is 0 Å². The van der Waals surface area contributed by atoms with Crippen LogP contribution in [-0.2, 0) is 4.74 Å². The van der Waals surface area contributed by atoms with Gasteiger partial charge in [0.1, 0.15) is 0 Å². The Bertz CT molecular complexity index is 196. The summed E-state index contributed by atoms with van der Waals surface area (Å²) in [6.45, 7) is 0. The molecule has 2 rings (SSSR count). The van der Waals surface area contributed by atoms with Crippen molar-refractivity contribution in [2.24, 2.45) is 5.73 Å². The van der Waals surface area contributed by atoms with Gasteiger partial charge in [-0.3, -0.25) is 0 Å². The number of rotatable bonds is 3.